The standard InChI is InChI=1S/C11H23NO2S/c1-4-10(5-2)12-11(14)8-15-7-9(3)6-13/h9-10,13H,4-8H2,1-3H3,(H,12,14). The lowest BCUT2D eigenvalue weighted by Gasteiger charge is -2.14. The number of aliphatic hydroxyl groups is 1. The molecule has 0 aromatic heterocycles. The summed E-state index contributed by atoms with van der Waals surface area (Å²) in [6.07, 6.45) is 1.97. The summed E-state index contributed by atoms with van der Waals surface area (Å²) in [7, 11) is 0. The molecule has 1 atom stereocenters. The van der Waals surface area contributed by atoms with E-state index in [2.05, 4.69) is 19.2 Å². The zero-order chi connectivity index (χ0) is 11.7. The molecule has 0 aliphatic heterocycles. The van der Waals surface area contributed by atoms with Gasteiger partial charge in [-0.05, 0) is 24.5 Å². The van der Waals surface area contributed by atoms with E-state index in [1.54, 1.807) is 11.8 Å². The fourth-order valence-electron chi connectivity index (χ4n) is 1.17. The highest BCUT2D eigenvalue weighted by atomic mass is 32.2. The Kier molecular flexibility index (Phi) is 8.91. The Morgan fingerprint density at radius 3 is 2.47 bits per heavy atom. The third-order valence-electron chi connectivity index (χ3n) is 2.30. The largest absolute Gasteiger partial charge is 0.396 e. The van der Waals surface area contributed by atoms with Crippen molar-refractivity contribution in [2.75, 3.05) is 18.1 Å². The molecule has 90 valence electrons. The van der Waals surface area contributed by atoms with Gasteiger partial charge in [0.05, 0.1) is 5.75 Å². The Labute approximate surface area is 97.0 Å². The summed E-state index contributed by atoms with van der Waals surface area (Å²) in [6, 6.07) is 0.313. The van der Waals surface area contributed by atoms with Crippen LogP contribution in [-0.4, -0.2) is 35.2 Å². The maximum atomic E-state index is 11.4. The second-order valence-electron chi connectivity index (χ2n) is 3.88. The normalized spacial score (nSPS) is 12.9. The molecule has 0 aromatic carbocycles. The number of carbonyl (C=O) groups excluding carboxylic acids is 1. The topological polar surface area (TPSA) is 49.3 Å². The molecular formula is C11H23NO2S. The quantitative estimate of drug-likeness (QED) is 0.670. The molecule has 1 amide bonds. The van der Waals surface area contributed by atoms with Gasteiger partial charge in [-0.3, -0.25) is 4.79 Å². The predicted octanol–water partition coefficient (Wildman–Crippen LogP) is 1.65. The fraction of sp³-hybridized carbons (Fsp3) is 0.909. The SMILES string of the molecule is CCC(CC)NC(=O)CSCC(C)CO. The molecule has 0 fully saturated rings. The summed E-state index contributed by atoms with van der Waals surface area (Å²) in [5.41, 5.74) is 0. The van der Waals surface area contributed by atoms with Gasteiger partial charge < -0.3 is 10.4 Å². The fourth-order valence-corrected chi connectivity index (χ4v) is 2.06. The first-order valence-corrected chi connectivity index (χ1v) is 6.77. The van der Waals surface area contributed by atoms with E-state index in [0.717, 1.165) is 18.6 Å². The van der Waals surface area contributed by atoms with Crippen molar-refractivity contribution in [2.24, 2.45) is 5.92 Å². The number of aliphatic hydroxyl groups excluding tert-OH is 1. The summed E-state index contributed by atoms with van der Waals surface area (Å²) in [5, 5.41) is 11.8. The van der Waals surface area contributed by atoms with Crippen molar-refractivity contribution in [1.29, 1.82) is 0 Å². The average molecular weight is 233 g/mol. The number of hydrogen-bond donors (Lipinski definition) is 2. The van der Waals surface area contributed by atoms with Gasteiger partial charge in [0.1, 0.15) is 0 Å². The van der Waals surface area contributed by atoms with Crippen LogP contribution in [0.3, 0.4) is 0 Å². The monoisotopic (exact) mass is 233 g/mol. The molecule has 0 saturated carbocycles. The van der Waals surface area contributed by atoms with Crippen LogP contribution in [0.5, 0.6) is 0 Å². The summed E-state index contributed by atoms with van der Waals surface area (Å²) in [4.78, 5) is 11.4. The van der Waals surface area contributed by atoms with Crippen molar-refractivity contribution in [2.45, 2.75) is 39.7 Å². The molecule has 1 unspecified atom stereocenters. The molecular weight excluding hydrogens is 210 g/mol. The third kappa shape index (κ3) is 7.68. The van der Waals surface area contributed by atoms with Gasteiger partial charge in [0.2, 0.25) is 5.91 Å². The maximum Gasteiger partial charge on any atom is 0.230 e. The Balaban J connectivity index is 3.56. The van der Waals surface area contributed by atoms with Crippen LogP contribution < -0.4 is 5.32 Å². The maximum absolute atomic E-state index is 11.4. The molecule has 0 rings (SSSR count). The summed E-state index contributed by atoms with van der Waals surface area (Å²) < 4.78 is 0. The van der Waals surface area contributed by atoms with Crippen molar-refractivity contribution < 1.29 is 9.90 Å². The Hall–Kier alpha value is -0.220. The third-order valence-corrected chi connectivity index (χ3v) is 3.57. The van der Waals surface area contributed by atoms with Crippen molar-refractivity contribution in [3.63, 3.8) is 0 Å². The van der Waals surface area contributed by atoms with E-state index < -0.39 is 0 Å². The highest BCUT2D eigenvalue weighted by Crippen LogP contribution is 2.07. The Morgan fingerprint density at radius 1 is 1.40 bits per heavy atom. The number of thioether (sulfide) groups is 1. The Bertz CT molecular complexity index is 172. The first kappa shape index (κ1) is 14.8. The minimum Gasteiger partial charge on any atom is -0.396 e. The van der Waals surface area contributed by atoms with Gasteiger partial charge in [0.25, 0.3) is 0 Å². The van der Waals surface area contributed by atoms with Gasteiger partial charge in [-0.15, -0.1) is 0 Å². The zero-order valence-corrected chi connectivity index (χ0v) is 10.8. The van der Waals surface area contributed by atoms with Crippen molar-refractivity contribution in [3.05, 3.63) is 0 Å². The van der Waals surface area contributed by atoms with Crippen LogP contribution in [0.2, 0.25) is 0 Å². The number of amides is 1. The van der Waals surface area contributed by atoms with Gasteiger partial charge in [0.15, 0.2) is 0 Å². The van der Waals surface area contributed by atoms with Crippen LogP contribution in [0.4, 0.5) is 0 Å². The molecule has 0 aliphatic carbocycles. The van der Waals surface area contributed by atoms with Crippen LogP contribution in [-0.2, 0) is 4.79 Å². The lowest BCUT2D eigenvalue weighted by molar-refractivity contribution is -0.119. The van der Waals surface area contributed by atoms with E-state index in [9.17, 15) is 4.79 Å². The summed E-state index contributed by atoms with van der Waals surface area (Å²) in [6.45, 7) is 6.33. The molecule has 0 saturated heterocycles. The van der Waals surface area contributed by atoms with Gasteiger partial charge in [0, 0.05) is 12.6 Å². The van der Waals surface area contributed by atoms with Gasteiger partial charge >= 0.3 is 0 Å². The molecule has 0 heterocycles. The molecule has 4 heteroatoms. The molecule has 0 radical (unpaired) electrons. The second-order valence-corrected chi connectivity index (χ2v) is 4.91. The average Bonchev–Trinajstić information content (AvgIpc) is 2.25. The molecule has 2 N–H and O–H groups in total. The van der Waals surface area contributed by atoms with Crippen LogP contribution in [0, 0.1) is 5.92 Å². The minimum absolute atomic E-state index is 0.110. The summed E-state index contributed by atoms with van der Waals surface area (Å²) >= 11 is 1.58. The molecule has 15 heavy (non-hydrogen) atoms. The van der Waals surface area contributed by atoms with E-state index in [4.69, 9.17) is 5.11 Å². The summed E-state index contributed by atoms with van der Waals surface area (Å²) in [5.74, 6) is 1.73. The highest BCUT2D eigenvalue weighted by Gasteiger charge is 2.08. The van der Waals surface area contributed by atoms with Gasteiger partial charge in [-0.2, -0.15) is 11.8 Å². The van der Waals surface area contributed by atoms with Crippen LogP contribution in [0.1, 0.15) is 33.6 Å². The lowest BCUT2D eigenvalue weighted by Crippen LogP contribution is -2.35. The number of carbonyl (C=O) groups is 1. The lowest BCUT2D eigenvalue weighted by atomic mass is 10.2. The number of rotatable bonds is 8. The molecule has 0 bridgehead atoms. The molecule has 0 aromatic rings. The van der Waals surface area contributed by atoms with Crippen molar-refractivity contribution in [3.8, 4) is 0 Å². The van der Waals surface area contributed by atoms with Crippen LogP contribution >= 0.6 is 11.8 Å². The Morgan fingerprint density at radius 2 is 2.00 bits per heavy atom. The van der Waals surface area contributed by atoms with Crippen molar-refractivity contribution in [1.82, 2.24) is 5.32 Å². The van der Waals surface area contributed by atoms with E-state index in [1.807, 2.05) is 6.92 Å². The van der Waals surface area contributed by atoms with Crippen LogP contribution in [0.15, 0.2) is 0 Å². The van der Waals surface area contributed by atoms with Gasteiger partial charge in [-0.25, -0.2) is 0 Å². The van der Waals surface area contributed by atoms with E-state index in [-0.39, 0.29) is 18.4 Å². The zero-order valence-electron chi connectivity index (χ0n) is 9.95. The van der Waals surface area contributed by atoms with E-state index in [0.29, 0.717) is 11.8 Å². The first-order chi connectivity index (χ1) is 7.13. The van der Waals surface area contributed by atoms with E-state index >= 15 is 0 Å². The van der Waals surface area contributed by atoms with Crippen LogP contribution in [0.25, 0.3) is 0 Å². The molecule has 0 aliphatic rings. The smallest absolute Gasteiger partial charge is 0.230 e. The van der Waals surface area contributed by atoms with E-state index in [1.165, 1.54) is 0 Å². The number of nitrogens with one attached hydrogen (secondary N) is 1. The molecule has 3 nitrogen and oxygen atoms in total. The minimum atomic E-state index is 0.110. The highest BCUT2D eigenvalue weighted by molar-refractivity contribution is 7.99. The molecule has 0 spiro atoms. The van der Waals surface area contributed by atoms with Gasteiger partial charge in [-0.1, -0.05) is 20.8 Å². The van der Waals surface area contributed by atoms with Crippen molar-refractivity contribution >= 4 is 17.7 Å². The predicted molar refractivity (Wildman–Crippen MR) is 66.1 cm³/mol. The number of hydrogen-bond acceptors (Lipinski definition) is 3. The first-order valence-electron chi connectivity index (χ1n) is 5.61. The second kappa shape index (κ2) is 9.04.